The predicted octanol–water partition coefficient (Wildman–Crippen LogP) is 3.97. The molecule has 2 aromatic carbocycles. The van der Waals surface area contributed by atoms with Gasteiger partial charge in [-0.3, -0.25) is 0 Å². The van der Waals surface area contributed by atoms with Crippen LogP contribution < -0.4 is 5.32 Å². The van der Waals surface area contributed by atoms with Gasteiger partial charge in [-0.2, -0.15) is 0 Å². The van der Waals surface area contributed by atoms with E-state index < -0.39 is 0 Å². The fraction of sp³-hybridized carbons (Fsp3) is 0.167. The minimum absolute atomic E-state index is 0.171. The number of para-hydroxylation sites is 1. The molecule has 114 valence electrons. The summed E-state index contributed by atoms with van der Waals surface area (Å²) in [6, 6.07) is 18.9. The molecule has 5 heteroatoms. The molecule has 0 radical (unpaired) electrons. The third-order valence-electron chi connectivity index (χ3n) is 4.03. The lowest BCUT2D eigenvalue weighted by atomic mass is 10.0. The number of thioether (sulfide) groups is 1. The molecule has 0 saturated heterocycles. The van der Waals surface area contributed by atoms with Crippen molar-refractivity contribution in [3.63, 3.8) is 0 Å². The van der Waals surface area contributed by atoms with Crippen LogP contribution in [0.25, 0.3) is 11.3 Å². The minimum Gasteiger partial charge on any atom is -0.377 e. The molecule has 3 aromatic rings. The van der Waals surface area contributed by atoms with Crippen LogP contribution in [0.4, 0.5) is 5.69 Å². The van der Waals surface area contributed by atoms with Gasteiger partial charge in [0.2, 0.25) is 5.16 Å². The van der Waals surface area contributed by atoms with Crippen molar-refractivity contribution in [2.24, 2.45) is 0 Å². The highest BCUT2D eigenvalue weighted by Crippen LogP contribution is 2.36. The van der Waals surface area contributed by atoms with Crippen LogP contribution in [0.15, 0.2) is 59.8 Å². The second kappa shape index (κ2) is 6.01. The summed E-state index contributed by atoms with van der Waals surface area (Å²) < 4.78 is 0. The van der Waals surface area contributed by atoms with Gasteiger partial charge < -0.3 is 5.32 Å². The zero-order valence-electron chi connectivity index (χ0n) is 12.7. The van der Waals surface area contributed by atoms with Gasteiger partial charge in [0.15, 0.2) is 0 Å². The van der Waals surface area contributed by atoms with E-state index in [1.165, 1.54) is 17.3 Å². The molecule has 0 saturated carbocycles. The van der Waals surface area contributed by atoms with E-state index in [4.69, 9.17) is 4.98 Å². The van der Waals surface area contributed by atoms with Crippen molar-refractivity contribution < 1.29 is 0 Å². The van der Waals surface area contributed by atoms with Crippen LogP contribution in [0.3, 0.4) is 0 Å². The van der Waals surface area contributed by atoms with Crippen molar-refractivity contribution in [2.45, 2.75) is 17.6 Å². The molecule has 4 nitrogen and oxygen atoms in total. The van der Waals surface area contributed by atoms with Gasteiger partial charge >= 0.3 is 0 Å². The predicted molar refractivity (Wildman–Crippen MR) is 93.6 cm³/mol. The van der Waals surface area contributed by atoms with Gasteiger partial charge in [-0.05, 0) is 17.9 Å². The number of benzene rings is 2. The van der Waals surface area contributed by atoms with Gasteiger partial charge in [0, 0.05) is 17.7 Å². The molecule has 0 spiro atoms. The molecule has 1 N–H and O–H groups in total. The minimum atomic E-state index is 0.171. The molecule has 0 amide bonds. The second-order valence-electron chi connectivity index (χ2n) is 5.45. The van der Waals surface area contributed by atoms with Gasteiger partial charge in [-0.15, -0.1) is 10.2 Å². The van der Waals surface area contributed by atoms with Crippen LogP contribution in [0.5, 0.6) is 0 Å². The fourth-order valence-electron chi connectivity index (χ4n) is 2.91. The van der Waals surface area contributed by atoms with Crippen LogP contribution in [0, 0.1) is 0 Å². The number of fused-ring (bicyclic) bond motifs is 3. The Balaban J connectivity index is 1.87. The Morgan fingerprint density at radius 1 is 1.00 bits per heavy atom. The number of rotatable bonds is 2. The van der Waals surface area contributed by atoms with Crippen LogP contribution in [-0.2, 0) is 6.42 Å². The summed E-state index contributed by atoms with van der Waals surface area (Å²) in [5.41, 5.74) is 5.26. The lowest BCUT2D eigenvalue weighted by Gasteiger charge is -2.18. The van der Waals surface area contributed by atoms with Crippen molar-refractivity contribution >= 4 is 17.4 Å². The van der Waals surface area contributed by atoms with E-state index in [0.717, 1.165) is 34.2 Å². The zero-order valence-corrected chi connectivity index (χ0v) is 13.5. The van der Waals surface area contributed by atoms with Gasteiger partial charge in [-0.1, -0.05) is 60.3 Å². The molecule has 2 heterocycles. The summed E-state index contributed by atoms with van der Waals surface area (Å²) in [6.45, 7) is 0. The number of nitrogens with one attached hydrogen (secondary N) is 1. The van der Waals surface area contributed by atoms with Crippen LogP contribution >= 0.6 is 11.8 Å². The number of hydrogen-bond donors (Lipinski definition) is 1. The van der Waals surface area contributed by atoms with E-state index >= 15 is 0 Å². The fourth-order valence-corrected chi connectivity index (χ4v) is 3.24. The first-order valence-electron chi connectivity index (χ1n) is 7.53. The Kier molecular flexibility index (Phi) is 3.71. The molecule has 1 aliphatic heterocycles. The molecule has 0 aliphatic carbocycles. The molecule has 0 fully saturated rings. The summed E-state index contributed by atoms with van der Waals surface area (Å²) in [5.74, 6) is 0. The Morgan fingerprint density at radius 2 is 1.78 bits per heavy atom. The second-order valence-corrected chi connectivity index (χ2v) is 6.22. The van der Waals surface area contributed by atoms with E-state index in [0.29, 0.717) is 0 Å². The third kappa shape index (κ3) is 2.68. The molecule has 0 bridgehead atoms. The molecule has 1 unspecified atom stereocenters. The molecule has 1 atom stereocenters. The Hall–Kier alpha value is -2.40. The number of nitrogens with zero attached hydrogens (tertiary/aromatic N) is 3. The monoisotopic (exact) mass is 320 g/mol. The Bertz CT molecular complexity index is 835. The highest BCUT2D eigenvalue weighted by atomic mass is 32.2. The SMILES string of the molecule is CSc1nnc2c(n1)CC(c1ccccc1)Nc1ccccc1-2. The Labute approximate surface area is 139 Å². The molecular formula is C18H16N4S. The summed E-state index contributed by atoms with van der Waals surface area (Å²) in [7, 11) is 0. The van der Waals surface area contributed by atoms with Crippen molar-refractivity contribution in [1.82, 2.24) is 15.2 Å². The van der Waals surface area contributed by atoms with Crippen molar-refractivity contribution in [3.05, 3.63) is 65.9 Å². The van der Waals surface area contributed by atoms with Gasteiger partial charge in [0.25, 0.3) is 0 Å². The maximum atomic E-state index is 4.72. The largest absolute Gasteiger partial charge is 0.377 e. The maximum Gasteiger partial charge on any atom is 0.209 e. The van der Waals surface area contributed by atoms with E-state index in [1.807, 2.05) is 24.5 Å². The summed E-state index contributed by atoms with van der Waals surface area (Å²) in [5, 5.41) is 13.0. The average Bonchev–Trinajstić information content (AvgIpc) is 2.78. The van der Waals surface area contributed by atoms with E-state index in [-0.39, 0.29) is 6.04 Å². The topological polar surface area (TPSA) is 50.7 Å². The molecule has 4 rings (SSSR count). The number of anilines is 1. The van der Waals surface area contributed by atoms with Gasteiger partial charge in [-0.25, -0.2) is 4.98 Å². The van der Waals surface area contributed by atoms with E-state index in [1.54, 1.807) is 0 Å². The van der Waals surface area contributed by atoms with Gasteiger partial charge in [0.1, 0.15) is 5.69 Å². The molecule has 1 aromatic heterocycles. The van der Waals surface area contributed by atoms with Crippen molar-refractivity contribution in [3.8, 4) is 11.3 Å². The van der Waals surface area contributed by atoms with Crippen LogP contribution in [0.1, 0.15) is 17.3 Å². The molecular weight excluding hydrogens is 304 g/mol. The maximum absolute atomic E-state index is 4.72. The average molecular weight is 320 g/mol. The van der Waals surface area contributed by atoms with Crippen molar-refractivity contribution in [2.75, 3.05) is 11.6 Å². The first-order chi connectivity index (χ1) is 11.3. The smallest absolute Gasteiger partial charge is 0.209 e. The highest BCUT2D eigenvalue weighted by Gasteiger charge is 2.24. The standard InChI is InChI=1S/C18H16N4S/c1-23-18-20-16-11-15(12-7-3-2-4-8-12)19-14-10-6-5-9-13(14)17(16)21-22-18/h2-10,15,19H,11H2,1H3. The summed E-state index contributed by atoms with van der Waals surface area (Å²) in [6.07, 6.45) is 2.76. The molecule has 1 aliphatic rings. The first-order valence-corrected chi connectivity index (χ1v) is 8.76. The van der Waals surface area contributed by atoms with Gasteiger partial charge in [0.05, 0.1) is 11.7 Å². The summed E-state index contributed by atoms with van der Waals surface area (Å²) >= 11 is 1.52. The van der Waals surface area contributed by atoms with E-state index in [9.17, 15) is 0 Å². The van der Waals surface area contributed by atoms with Crippen LogP contribution in [0.2, 0.25) is 0 Å². The first kappa shape index (κ1) is 14.2. The van der Waals surface area contributed by atoms with Crippen molar-refractivity contribution in [1.29, 1.82) is 0 Å². The quantitative estimate of drug-likeness (QED) is 0.724. The number of aromatic nitrogens is 3. The lowest BCUT2D eigenvalue weighted by molar-refractivity contribution is 0.725. The Morgan fingerprint density at radius 3 is 2.61 bits per heavy atom. The normalized spacial score (nSPS) is 16.0. The lowest BCUT2D eigenvalue weighted by Crippen LogP contribution is -2.13. The number of hydrogen-bond acceptors (Lipinski definition) is 5. The van der Waals surface area contributed by atoms with Crippen LogP contribution in [-0.4, -0.2) is 21.4 Å². The zero-order chi connectivity index (χ0) is 15.6. The third-order valence-corrected chi connectivity index (χ3v) is 4.57. The van der Waals surface area contributed by atoms with E-state index in [2.05, 4.69) is 51.9 Å². The highest BCUT2D eigenvalue weighted by molar-refractivity contribution is 7.98. The summed E-state index contributed by atoms with van der Waals surface area (Å²) in [4.78, 5) is 4.72. The molecule has 23 heavy (non-hydrogen) atoms.